The van der Waals surface area contributed by atoms with Gasteiger partial charge in [-0.2, -0.15) is 0 Å². The van der Waals surface area contributed by atoms with Gasteiger partial charge in [0.05, 0.1) is 6.04 Å². The van der Waals surface area contributed by atoms with Gasteiger partial charge in [-0.15, -0.1) is 0 Å². The molecule has 24 heavy (non-hydrogen) atoms. The van der Waals surface area contributed by atoms with Crippen LogP contribution in [0.1, 0.15) is 30.6 Å². The summed E-state index contributed by atoms with van der Waals surface area (Å²) in [6.45, 7) is 3.92. The molecule has 0 aliphatic rings. The molecular formula is C18H22N4O2. The second kappa shape index (κ2) is 8.21. The quantitative estimate of drug-likeness (QED) is 0.760. The number of benzene rings is 1. The van der Waals surface area contributed by atoms with Crippen molar-refractivity contribution in [3.05, 3.63) is 54.2 Å². The van der Waals surface area contributed by atoms with Gasteiger partial charge in [0.2, 0.25) is 5.91 Å². The molecule has 2 amide bonds. The first-order valence-corrected chi connectivity index (χ1v) is 7.90. The van der Waals surface area contributed by atoms with Crippen LogP contribution in [0.4, 0.5) is 11.5 Å². The number of pyridine rings is 1. The first kappa shape index (κ1) is 17.6. The third kappa shape index (κ3) is 4.63. The van der Waals surface area contributed by atoms with E-state index in [1.807, 2.05) is 13.8 Å². The van der Waals surface area contributed by atoms with Gasteiger partial charge < -0.3 is 16.4 Å². The average Bonchev–Trinajstić information content (AvgIpc) is 2.61. The summed E-state index contributed by atoms with van der Waals surface area (Å²) < 4.78 is 0. The molecule has 4 N–H and O–H groups in total. The predicted octanol–water partition coefficient (Wildman–Crippen LogP) is 2.65. The van der Waals surface area contributed by atoms with E-state index in [1.54, 1.807) is 48.7 Å². The molecule has 0 saturated carbocycles. The Morgan fingerprint density at radius 2 is 1.96 bits per heavy atom. The molecule has 126 valence electrons. The Labute approximate surface area is 141 Å². The Morgan fingerprint density at radius 1 is 1.17 bits per heavy atom. The van der Waals surface area contributed by atoms with E-state index in [4.69, 9.17) is 5.73 Å². The zero-order valence-electron chi connectivity index (χ0n) is 13.8. The van der Waals surface area contributed by atoms with Crippen molar-refractivity contribution in [3.8, 4) is 0 Å². The van der Waals surface area contributed by atoms with Gasteiger partial charge in [0.25, 0.3) is 5.91 Å². The number of carbonyl (C=O) groups excluding carboxylic acids is 2. The summed E-state index contributed by atoms with van der Waals surface area (Å²) in [7, 11) is 0. The number of hydrogen-bond donors (Lipinski definition) is 3. The lowest BCUT2D eigenvalue weighted by atomic mass is 9.99. The smallest absolute Gasteiger partial charge is 0.256 e. The summed E-state index contributed by atoms with van der Waals surface area (Å²) in [5, 5.41) is 5.46. The summed E-state index contributed by atoms with van der Waals surface area (Å²) in [6, 6.07) is 11.4. The van der Waals surface area contributed by atoms with Crippen molar-refractivity contribution in [3.63, 3.8) is 0 Å². The minimum atomic E-state index is -0.582. The molecule has 2 unspecified atom stereocenters. The molecule has 0 bridgehead atoms. The van der Waals surface area contributed by atoms with E-state index >= 15 is 0 Å². The minimum Gasteiger partial charge on any atom is -0.325 e. The summed E-state index contributed by atoms with van der Waals surface area (Å²) in [5.74, 6) is -0.000902. The van der Waals surface area contributed by atoms with Crippen molar-refractivity contribution in [2.75, 3.05) is 10.6 Å². The van der Waals surface area contributed by atoms with Crippen molar-refractivity contribution in [2.45, 2.75) is 26.3 Å². The van der Waals surface area contributed by atoms with Gasteiger partial charge in [-0.05, 0) is 36.2 Å². The molecular weight excluding hydrogens is 304 g/mol. The fraction of sp³-hybridized carbons (Fsp3) is 0.278. The molecule has 0 aliphatic carbocycles. The van der Waals surface area contributed by atoms with Gasteiger partial charge in [-0.25, -0.2) is 4.98 Å². The van der Waals surface area contributed by atoms with Crippen LogP contribution in [-0.2, 0) is 4.79 Å². The number of carbonyl (C=O) groups is 2. The maximum Gasteiger partial charge on any atom is 0.256 e. The molecule has 6 heteroatoms. The fourth-order valence-corrected chi connectivity index (χ4v) is 2.10. The minimum absolute atomic E-state index is 0.0839. The van der Waals surface area contributed by atoms with Crippen LogP contribution in [0.5, 0.6) is 0 Å². The van der Waals surface area contributed by atoms with Crippen molar-refractivity contribution >= 4 is 23.3 Å². The fourth-order valence-electron chi connectivity index (χ4n) is 2.10. The number of rotatable bonds is 6. The lowest BCUT2D eigenvalue weighted by Gasteiger charge is -2.18. The van der Waals surface area contributed by atoms with Gasteiger partial charge >= 0.3 is 0 Å². The maximum absolute atomic E-state index is 12.3. The second-order valence-corrected chi connectivity index (χ2v) is 5.65. The molecule has 0 spiro atoms. The van der Waals surface area contributed by atoms with Gasteiger partial charge in [0, 0.05) is 17.4 Å². The summed E-state index contributed by atoms with van der Waals surface area (Å²) in [6.07, 6.45) is 2.42. The molecule has 0 fully saturated rings. The number of anilines is 2. The van der Waals surface area contributed by atoms with Crippen LogP contribution in [0.15, 0.2) is 48.7 Å². The standard InChI is InChI=1S/C18H22N4O2/c1-3-12(2)16(19)18(24)21-14-8-6-7-13(11-14)17(23)22-15-9-4-5-10-20-15/h4-12,16H,3,19H2,1-2H3,(H,21,24)(H,20,22,23). The maximum atomic E-state index is 12.3. The van der Waals surface area contributed by atoms with Gasteiger partial charge in [-0.1, -0.05) is 32.4 Å². The van der Waals surface area contributed by atoms with Crippen LogP contribution in [-0.4, -0.2) is 22.8 Å². The van der Waals surface area contributed by atoms with Gasteiger partial charge in [-0.3, -0.25) is 9.59 Å². The highest BCUT2D eigenvalue weighted by Gasteiger charge is 2.19. The van der Waals surface area contributed by atoms with Crippen molar-refractivity contribution in [1.29, 1.82) is 0 Å². The lowest BCUT2D eigenvalue weighted by Crippen LogP contribution is -2.40. The van der Waals surface area contributed by atoms with E-state index < -0.39 is 6.04 Å². The van der Waals surface area contributed by atoms with Crippen molar-refractivity contribution in [2.24, 2.45) is 11.7 Å². The number of nitrogens with one attached hydrogen (secondary N) is 2. The highest BCUT2D eigenvalue weighted by molar-refractivity contribution is 6.05. The molecule has 1 aromatic heterocycles. The number of hydrogen-bond acceptors (Lipinski definition) is 4. The van der Waals surface area contributed by atoms with Crippen LogP contribution < -0.4 is 16.4 Å². The predicted molar refractivity (Wildman–Crippen MR) is 94.7 cm³/mol. The highest BCUT2D eigenvalue weighted by Crippen LogP contribution is 2.14. The second-order valence-electron chi connectivity index (χ2n) is 5.65. The molecule has 2 aromatic rings. The van der Waals surface area contributed by atoms with E-state index in [0.29, 0.717) is 17.1 Å². The van der Waals surface area contributed by atoms with E-state index in [2.05, 4.69) is 15.6 Å². The molecule has 1 aromatic carbocycles. The first-order valence-electron chi connectivity index (χ1n) is 7.90. The van der Waals surface area contributed by atoms with E-state index in [0.717, 1.165) is 6.42 Å². The number of nitrogens with two attached hydrogens (primary N) is 1. The Hall–Kier alpha value is -2.73. The van der Waals surface area contributed by atoms with Crippen LogP contribution in [0.3, 0.4) is 0 Å². The Morgan fingerprint density at radius 3 is 2.62 bits per heavy atom. The van der Waals surface area contributed by atoms with Crippen molar-refractivity contribution < 1.29 is 9.59 Å². The van der Waals surface area contributed by atoms with Crippen LogP contribution >= 0.6 is 0 Å². The Bertz CT molecular complexity index is 703. The Kier molecular flexibility index (Phi) is 6.03. The van der Waals surface area contributed by atoms with Crippen LogP contribution in [0.2, 0.25) is 0 Å². The molecule has 6 nitrogen and oxygen atoms in total. The Balaban J connectivity index is 2.06. The highest BCUT2D eigenvalue weighted by atomic mass is 16.2. The van der Waals surface area contributed by atoms with E-state index in [-0.39, 0.29) is 17.7 Å². The number of amides is 2. The third-order valence-corrected chi connectivity index (χ3v) is 3.86. The van der Waals surface area contributed by atoms with Gasteiger partial charge in [0.1, 0.15) is 5.82 Å². The molecule has 0 radical (unpaired) electrons. The van der Waals surface area contributed by atoms with Crippen molar-refractivity contribution in [1.82, 2.24) is 4.98 Å². The molecule has 2 atom stereocenters. The summed E-state index contributed by atoms with van der Waals surface area (Å²) >= 11 is 0. The number of nitrogens with zero attached hydrogens (tertiary/aromatic N) is 1. The topological polar surface area (TPSA) is 97.1 Å². The normalized spacial score (nSPS) is 13.0. The average molecular weight is 326 g/mol. The summed E-state index contributed by atoms with van der Waals surface area (Å²) in [4.78, 5) is 28.4. The largest absolute Gasteiger partial charge is 0.325 e. The first-order chi connectivity index (χ1) is 11.5. The monoisotopic (exact) mass is 326 g/mol. The van der Waals surface area contributed by atoms with E-state index in [1.165, 1.54) is 0 Å². The van der Waals surface area contributed by atoms with E-state index in [9.17, 15) is 9.59 Å². The van der Waals surface area contributed by atoms with Crippen LogP contribution in [0, 0.1) is 5.92 Å². The summed E-state index contributed by atoms with van der Waals surface area (Å²) in [5.41, 5.74) is 6.88. The SMILES string of the molecule is CCC(C)C(N)C(=O)Nc1cccc(C(=O)Nc2ccccn2)c1. The van der Waals surface area contributed by atoms with Crippen LogP contribution in [0.25, 0.3) is 0 Å². The lowest BCUT2D eigenvalue weighted by molar-refractivity contribution is -0.118. The molecule has 0 aliphatic heterocycles. The number of aromatic nitrogens is 1. The molecule has 0 saturated heterocycles. The zero-order valence-corrected chi connectivity index (χ0v) is 13.8. The third-order valence-electron chi connectivity index (χ3n) is 3.86. The zero-order chi connectivity index (χ0) is 17.5. The molecule has 2 rings (SSSR count). The van der Waals surface area contributed by atoms with Gasteiger partial charge in [0.15, 0.2) is 0 Å². The molecule has 1 heterocycles.